The maximum absolute atomic E-state index is 6.09. The number of benzene rings is 1. The van der Waals surface area contributed by atoms with E-state index in [-0.39, 0.29) is 6.79 Å². The molecule has 0 amide bonds. The van der Waals surface area contributed by atoms with Crippen LogP contribution in [0, 0.1) is 0 Å². The first-order chi connectivity index (χ1) is 9.76. The Morgan fingerprint density at radius 3 is 2.95 bits per heavy atom. The molecule has 0 saturated carbocycles. The third-order valence-electron chi connectivity index (χ3n) is 2.96. The van der Waals surface area contributed by atoms with Gasteiger partial charge < -0.3 is 14.2 Å². The Kier molecular flexibility index (Phi) is 3.71. The van der Waals surface area contributed by atoms with Gasteiger partial charge in [-0.25, -0.2) is 9.97 Å². The van der Waals surface area contributed by atoms with Gasteiger partial charge >= 0.3 is 0 Å². The molecule has 5 nitrogen and oxygen atoms in total. The largest absolute Gasteiger partial charge is 0.454 e. The maximum atomic E-state index is 6.09. The molecule has 0 bridgehead atoms. The van der Waals surface area contributed by atoms with Crippen molar-refractivity contribution in [1.82, 2.24) is 9.97 Å². The standard InChI is InChI=1S/C14H13ClN2O3/c1-18-7-10-6-16-13(17-14(10)15)5-9-2-3-11-12(4-9)20-8-19-11/h2-4,6H,5,7-8H2,1H3. The fraction of sp³-hybridized carbons (Fsp3) is 0.286. The van der Waals surface area contributed by atoms with E-state index in [0.29, 0.717) is 24.0 Å². The minimum atomic E-state index is 0.271. The van der Waals surface area contributed by atoms with Gasteiger partial charge in [0.25, 0.3) is 0 Å². The van der Waals surface area contributed by atoms with Crippen molar-refractivity contribution in [3.8, 4) is 11.5 Å². The van der Waals surface area contributed by atoms with Crippen LogP contribution in [0.3, 0.4) is 0 Å². The predicted octanol–water partition coefficient (Wildman–Crippen LogP) is 2.60. The minimum absolute atomic E-state index is 0.271. The Morgan fingerprint density at radius 1 is 1.30 bits per heavy atom. The van der Waals surface area contributed by atoms with E-state index < -0.39 is 0 Å². The van der Waals surface area contributed by atoms with Crippen LogP contribution in [0.15, 0.2) is 24.4 Å². The first-order valence-electron chi connectivity index (χ1n) is 6.14. The zero-order valence-corrected chi connectivity index (χ0v) is 11.7. The van der Waals surface area contributed by atoms with E-state index in [2.05, 4.69) is 9.97 Å². The number of halogens is 1. The molecule has 1 aliphatic rings. The van der Waals surface area contributed by atoms with Gasteiger partial charge in [-0.05, 0) is 17.7 Å². The van der Waals surface area contributed by atoms with Crippen LogP contribution in [0.1, 0.15) is 17.0 Å². The molecular formula is C14H13ClN2O3. The Bertz CT molecular complexity index is 634. The second-order valence-electron chi connectivity index (χ2n) is 4.40. The monoisotopic (exact) mass is 292 g/mol. The Hall–Kier alpha value is -1.85. The lowest BCUT2D eigenvalue weighted by molar-refractivity contribution is 0.174. The second kappa shape index (κ2) is 5.64. The van der Waals surface area contributed by atoms with Gasteiger partial charge in [-0.3, -0.25) is 0 Å². The van der Waals surface area contributed by atoms with Crippen LogP contribution in [0.2, 0.25) is 5.15 Å². The van der Waals surface area contributed by atoms with Crippen molar-refractivity contribution in [2.75, 3.05) is 13.9 Å². The summed E-state index contributed by atoms with van der Waals surface area (Å²) in [5, 5.41) is 0.428. The van der Waals surface area contributed by atoms with Crippen molar-refractivity contribution in [3.63, 3.8) is 0 Å². The van der Waals surface area contributed by atoms with Gasteiger partial charge in [-0.15, -0.1) is 0 Å². The van der Waals surface area contributed by atoms with Gasteiger partial charge in [0.2, 0.25) is 6.79 Å². The van der Waals surface area contributed by atoms with Crippen LogP contribution in [-0.2, 0) is 17.8 Å². The first-order valence-corrected chi connectivity index (χ1v) is 6.52. The van der Waals surface area contributed by atoms with Gasteiger partial charge in [0.05, 0.1) is 6.61 Å². The van der Waals surface area contributed by atoms with Crippen molar-refractivity contribution >= 4 is 11.6 Å². The summed E-state index contributed by atoms with van der Waals surface area (Å²) in [5.74, 6) is 2.18. The van der Waals surface area contributed by atoms with Crippen LogP contribution in [0.25, 0.3) is 0 Å². The van der Waals surface area contributed by atoms with Crippen molar-refractivity contribution in [2.24, 2.45) is 0 Å². The lowest BCUT2D eigenvalue weighted by Crippen LogP contribution is -2.00. The molecule has 0 fully saturated rings. The summed E-state index contributed by atoms with van der Waals surface area (Å²) < 4.78 is 15.6. The average Bonchev–Trinajstić information content (AvgIpc) is 2.89. The summed E-state index contributed by atoms with van der Waals surface area (Å²) in [7, 11) is 1.61. The van der Waals surface area contributed by atoms with Crippen LogP contribution >= 0.6 is 11.6 Å². The summed E-state index contributed by atoms with van der Waals surface area (Å²) in [6.45, 7) is 0.677. The molecule has 1 aliphatic heterocycles. The highest BCUT2D eigenvalue weighted by Crippen LogP contribution is 2.32. The summed E-state index contributed by atoms with van der Waals surface area (Å²) in [6.07, 6.45) is 2.28. The zero-order chi connectivity index (χ0) is 13.9. The highest BCUT2D eigenvalue weighted by atomic mass is 35.5. The third-order valence-corrected chi connectivity index (χ3v) is 3.29. The normalized spacial score (nSPS) is 12.7. The maximum Gasteiger partial charge on any atom is 0.231 e. The van der Waals surface area contributed by atoms with Crippen LogP contribution < -0.4 is 9.47 Å². The Labute approximate surface area is 121 Å². The van der Waals surface area contributed by atoms with Gasteiger partial charge in [-0.1, -0.05) is 17.7 Å². The van der Waals surface area contributed by atoms with Crippen molar-refractivity contribution < 1.29 is 14.2 Å². The van der Waals surface area contributed by atoms with Crippen molar-refractivity contribution in [1.29, 1.82) is 0 Å². The molecule has 0 radical (unpaired) electrons. The number of nitrogens with zero attached hydrogens (tertiary/aromatic N) is 2. The summed E-state index contributed by atoms with van der Waals surface area (Å²) >= 11 is 6.09. The Morgan fingerprint density at radius 2 is 2.15 bits per heavy atom. The lowest BCUT2D eigenvalue weighted by Gasteiger charge is -2.05. The zero-order valence-electron chi connectivity index (χ0n) is 10.9. The lowest BCUT2D eigenvalue weighted by atomic mass is 10.1. The van der Waals surface area contributed by atoms with E-state index in [4.69, 9.17) is 25.8 Å². The minimum Gasteiger partial charge on any atom is -0.454 e. The SMILES string of the molecule is COCc1cnc(Cc2ccc3c(c2)OCO3)nc1Cl. The molecule has 1 aromatic carbocycles. The highest BCUT2D eigenvalue weighted by Gasteiger charge is 2.14. The average molecular weight is 293 g/mol. The molecule has 0 N–H and O–H groups in total. The first kappa shape index (κ1) is 13.1. The molecule has 2 aromatic rings. The van der Waals surface area contributed by atoms with Crippen molar-refractivity contribution in [2.45, 2.75) is 13.0 Å². The summed E-state index contributed by atoms with van der Waals surface area (Å²) in [6, 6.07) is 5.79. The molecule has 0 spiro atoms. The molecule has 104 valence electrons. The van der Waals surface area contributed by atoms with E-state index in [1.165, 1.54) is 0 Å². The quantitative estimate of drug-likeness (QED) is 0.811. The van der Waals surface area contributed by atoms with Crippen LogP contribution in [0.5, 0.6) is 11.5 Å². The molecule has 0 aliphatic carbocycles. The predicted molar refractivity (Wildman–Crippen MR) is 73.1 cm³/mol. The summed E-state index contributed by atoms with van der Waals surface area (Å²) in [4.78, 5) is 8.58. The van der Waals surface area contributed by atoms with Gasteiger partial charge in [-0.2, -0.15) is 0 Å². The van der Waals surface area contributed by atoms with E-state index >= 15 is 0 Å². The van der Waals surface area contributed by atoms with E-state index in [1.807, 2.05) is 18.2 Å². The molecule has 0 atom stereocenters. The molecular weight excluding hydrogens is 280 g/mol. The van der Waals surface area contributed by atoms with E-state index in [0.717, 1.165) is 22.6 Å². The van der Waals surface area contributed by atoms with Crippen LogP contribution in [0.4, 0.5) is 0 Å². The highest BCUT2D eigenvalue weighted by molar-refractivity contribution is 6.30. The molecule has 0 unspecified atom stereocenters. The number of hydrogen-bond donors (Lipinski definition) is 0. The number of hydrogen-bond acceptors (Lipinski definition) is 5. The fourth-order valence-corrected chi connectivity index (χ4v) is 2.19. The van der Waals surface area contributed by atoms with Gasteiger partial charge in [0, 0.05) is 25.3 Å². The van der Waals surface area contributed by atoms with Crippen LogP contribution in [-0.4, -0.2) is 23.9 Å². The molecule has 3 rings (SSSR count). The van der Waals surface area contributed by atoms with Gasteiger partial charge in [0.15, 0.2) is 11.5 Å². The third kappa shape index (κ3) is 2.69. The summed E-state index contributed by atoms with van der Waals surface area (Å²) in [5.41, 5.74) is 1.83. The second-order valence-corrected chi connectivity index (χ2v) is 4.76. The number of methoxy groups -OCH3 is 1. The smallest absolute Gasteiger partial charge is 0.231 e. The number of ether oxygens (including phenoxy) is 3. The molecule has 1 aromatic heterocycles. The number of aromatic nitrogens is 2. The number of fused-ring (bicyclic) bond motifs is 1. The molecule has 20 heavy (non-hydrogen) atoms. The number of rotatable bonds is 4. The van der Waals surface area contributed by atoms with Gasteiger partial charge in [0.1, 0.15) is 11.0 Å². The Balaban J connectivity index is 1.79. The van der Waals surface area contributed by atoms with Crippen molar-refractivity contribution in [3.05, 3.63) is 46.5 Å². The van der Waals surface area contributed by atoms with E-state index in [1.54, 1.807) is 13.3 Å². The molecule has 0 saturated heterocycles. The molecule has 6 heteroatoms. The topological polar surface area (TPSA) is 53.5 Å². The molecule has 2 heterocycles. The fourth-order valence-electron chi connectivity index (χ4n) is 1.99. The van der Waals surface area contributed by atoms with E-state index in [9.17, 15) is 0 Å².